The molecule has 3 rings (SSSR count). The van der Waals surface area contributed by atoms with E-state index < -0.39 is 10.0 Å². The number of fused-ring (bicyclic) bond motifs is 1. The fourth-order valence-corrected chi connectivity index (χ4v) is 4.58. The van der Waals surface area contributed by atoms with Gasteiger partial charge in [-0.1, -0.05) is 25.1 Å². The van der Waals surface area contributed by atoms with Crippen LogP contribution in [0.4, 0.5) is 5.69 Å². The maximum Gasteiger partial charge on any atom is 0.251 e. The van der Waals surface area contributed by atoms with Crippen molar-refractivity contribution in [3.05, 3.63) is 58.7 Å². The molecule has 0 bridgehead atoms. The summed E-state index contributed by atoms with van der Waals surface area (Å²) in [5, 5.41) is 2.92. The third-order valence-corrected chi connectivity index (χ3v) is 6.59. The van der Waals surface area contributed by atoms with Crippen molar-refractivity contribution >= 4 is 21.6 Å². The monoisotopic (exact) mass is 401 g/mol. The van der Waals surface area contributed by atoms with Crippen LogP contribution in [0.1, 0.15) is 40.4 Å². The second-order valence-corrected chi connectivity index (χ2v) is 8.92. The van der Waals surface area contributed by atoms with E-state index in [1.54, 1.807) is 19.9 Å². The summed E-state index contributed by atoms with van der Waals surface area (Å²) in [5.74, 6) is -0.277. The van der Waals surface area contributed by atoms with E-state index in [0.29, 0.717) is 18.7 Å². The van der Waals surface area contributed by atoms with Gasteiger partial charge in [0, 0.05) is 37.9 Å². The number of sulfonamides is 1. The van der Waals surface area contributed by atoms with Crippen molar-refractivity contribution in [3.8, 4) is 0 Å². The predicted octanol–water partition coefficient (Wildman–Crippen LogP) is 2.61. The molecule has 0 saturated carbocycles. The molecule has 0 radical (unpaired) electrons. The topological polar surface area (TPSA) is 78.5 Å². The van der Waals surface area contributed by atoms with Crippen LogP contribution in [0.15, 0.2) is 41.3 Å². The van der Waals surface area contributed by atoms with Gasteiger partial charge in [0.2, 0.25) is 10.0 Å². The quantitative estimate of drug-likeness (QED) is 0.780. The van der Waals surface area contributed by atoms with E-state index in [-0.39, 0.29) is 10.8 Å². The summed E-state index contributed by atoms with van der Waals surface area (Å²) in [4.78, 5) is 15.0. The molecular weight excluding hydrogens is 374 g/mol. The smallest absolute Gasteiger partial charge is 0.251 e. The molecule has 1 aliphatic rings. The average molecular weight is 402 g/mol. The van der Waals surface area contributed by atoms with E-state index in [2.05, 4.69) is 34.1 Å². The van der Waals surface area contributed by atoms with E-state index in [1.807, 2.05) is 6.07 Å². The van der Waals surface area contributed by atoms with Crippen molar-refractivity contribution in [1.29, 1.82) is 0 Å². The van der Waals surface area contributed by atoms with Crippen molar-refractivity contribution in [2.24, 2.45) is 0 Å². The Kier molecular flexibility index (Phi) is 6.05. The van der Waals surface area contributed by atoms with Crippen molar-refractivity contribution in [3.63, 3.8) is 0 Å². The number of benzene rings is 2. The molecule has 1 heterocycles. The zero-order chi connectivity index (χ0) is 20.3. The van der Waals surface area contributed by atoms with Crippen molar-refractivity contribution in [1.82, 2.24) is 10.0 Å². The van der Waals surface area contributed by atoms with Gasteiger partial charge in [0.1, 0.15) is 0 Å². The number of hydrogen-bond donors (Lipinski definition) is 2. The van der Waals surface area contributed by atoms with Gasteiger partial charge in [0.25, 0.3) is 5.91 Å². The van der Waals surface area contributed by atoms with Gasteiger partial charge < -0.3 is 10.2 Å². The van der Waals surface area contributed by atoms with E-state index in [0.717, 1.165) is 30.5 Å². The third kappa shape index (κ3) is 4.36. The van der Waals surface area contributed by atoms with Gasteiger partial charge in [-0.2, -0.15) is 0 Å². The zero-order valence-electron chi connectivity index (χ0n) is 16.6. The molecular formula is C21H27N3O3S. The number of carbonyl (C=O) groups excluding carboxylic acids is 1. The predicted molar refractivity (Wildman–Crippen MR) is 111 cm³/mol. The Morgan fingerprint density at radius 1 is 1.18 bits per heavy atom. The summed E-state index contributed by atoms with van der Waals surface area (Å²) in [5.41, 5.74) is 4.70. The molecule has 1 aliphatic heterocycles. The Hall–Kier alpha value is -2.38. The summed E-state index contributed by atoms with van der Waals surface area (Å²) >= 11 is 0. The highest BCUT2D eigenvalue weighted by molar-refractivity contribution is 7.89. The molecule has 0 aliphatic carbocycles. The molecule has 0 saturated heterocycles. The van der Waals surface area contributed by atoms with Gasteiger partial charge >= 0.3 is 0 Å². The number of nitrogens with one attached hydrogen (secondary N) is 2. The zero-order valence-corrected chi connectivity index (χ0v) is 17.4. The number of aryl methyl sites for hydroxylation is 2. The molecule has 2 aromatic rings. The van der Waals surface area contributed by atoms with E-state index in [1.165, 1.54) is 23.4 Å². The molecule has 6 nitrogen and oxygen atoms in total. The van der Waals surface area contributed by atoms with E-state index >= 15 is 0 Å². The molecule has 0 spiro atoms. The summed E-state index contributed by atoms with van der Waals surface area (Å²) in [6.45, 7) is 5.28. The van der Waals surface area contributed by atoms with Crippen LogP contribution in [0.5, 0.6) is 0 Å². The van der Waals surface area contributed by atoms with Crippen molar-refractivity contribution in [2.75, 3.05) is 25.0 Å². The Morgan fingerprint density at radius 3 is 2.71 bits per heavy atom. The summed E-state index contributed by atoms with van der Waals surface area (Å²) in [7, 11) is -1.51. The minimum Gasteiger partial charge on any atom is -0.374 e. The second-order valence-electron chi connectivity index (χ2n) is 7.15. The number of amides is 1. The number of carbonyl (C=O) groups is 1. The minimum atomic E-state index is -3.60. The SMILES string of the molecule is CCNS(=O)(=O)c1ccc(C)c(C(=O)NCc2ccc3c(c2)CCCN3C)c1. The molecule has 2 aromatic carbocycles. The van der Waals surface area contributed by atoms with Crippen LogP contribution in [0.2, 0.25) is 0 Å². The number of hydrogen-bond acceptors (Lipinski definition) is 4. The number of anilines is 1. The summed E-state index contributed by atoms with van der Waals surface area (Å²) in [6, 6.07) is 10.9. The molecule has 0 aromatic heterocycles. The van der Waals surface area contributed by atoms with Crippen LogP contribution in [-0.2, 0) is 23.0 Å². The Bertz CT molecular complexity index is 986. The first-order valence-corrected chi connectivity index (χ1v) is 11.0. The molecule has 150 valence electrons. The van der Waals surface area contributed by atoms with E-state index in [4.69, 9.17) is 0 Å². The minimum absolute atomic E-state index is 0.0990. The first-order valence-electron chi connectivity index (χ1n) is 9.53. The van der Waals surface area contributed by atoms with E-state index in [9.17, 15) is 13.2 Å². The van der Waals surface area contributed by atoms with Crippen molar-refractivity contribution < 1.29 is 13.2 Å². The van der Waals surface area contributed by atoms with Gasteiger partial charge in [-0.15, -0.1) is 0 Å². The number of rotatable bonds is 6. The van der Waals surface area contributed by atoms with Crippen LogP contribution < -0.4 is 14.9 Å². The molecule has 0 atom stereocenters. The standard InChI is InChI=1S/C21H27N3O3S/c1-4-23-28(26,27)18-9-7-15(2)19(13-18)21(25)22-14-16-8-10-20-17(12-16)6-5-11-24(20)3/h7-10,12-13,23H,4-6,11,14H2,1-3H3,(H,22,25). The maximum atomic E-state index is 12.7. The van der Waals surface area contributed by atoms with Gasteiger partial charge in [-0.05, 0) is 54.7 Å². The number of nitrogens with zero attached hydrogens (tertiary/aromatic N) is 1. The van der Waals surface area contributed by atoms with Crippen LogP contribution >= 0.6 is 0 Å². The lowest BCUT2D eigenvalue weighted by Gasteiger charge is -2.27. The first-order chi connectivity index (χ1) is 13.3. The normalized spacial score (nSPS) is 13.9. The van der Waals surface area contributed by atoms with Crippen LogP contribution in [0.25, 0.3) is 0 Å². The molecule has 2 N–H and O–H groups in total. The Morgan fingerprint density at radius 2 is 1.96 bits per heavy atom. The Balaban J connectivity index is 1.75. The summed E-state index contributed by atoms with van der Waals surface area (Å²) in [6.07, 6.45) is 2.18. The fourth-order valence-electron chi connectivity index (χ4n) is 3.51. The fraction of sp³-hybridized carbons (Fsp3) is 0.381. The third-order valence-electron chi connectivity index (χ3n) is 5.05. The molecule has 0 unspecified atom stereocenters. The highest BCUT2D eigenvalue weighted by Crippen LogP contribution is 2.26. The molecule has 7 heteroatoms. The van der Waals surface area contributed by atoms with Crippen LogP contribution in [-0.4, -0.2) is 34.5 Å². The summed E-state index contributed by atoms with van der Waals surface area (Å²) < 4.78 is 26.9. The Labute approximate surface area is 167 Å². The van der Waals surface area contributed by atoms with Crippen LogP contribution in [0, 0.1) is 6.92 Å². The van der Waals surface area contributed by atoms with Gasteiger partial charge in [0.15, 0.2) is 0 Å². The first kappa shape index (κ1) is 20.4. The lowest BCUT2D eigenvalue weighted by atomic mass is 9.99. The van der Waals surface area contributed by atoms with Crippen LogP contribution in [0.3, 0.4) is 0 Å². The average Bonchev–Trinajstić information content (AvgIpc) is 2.66. The molecule has 1 amide bonds. The largest absolute Gasteiger partial charge is 0.374 e. The molecule has 28 heavy (non-hydrogen) atoms. The van der Waals surface area contributed by atoms with Gasteiger partial charge in [-0.3, -0.25) is 4.79 Å². The lowest BCUT2D eigenvalue weighted by Crippen LogP contribution is -2.27. The highest BCUT2D eigenvalue weighted by atomic mass is 32.2. The second kappa shape index (κ2) is 8.32. The molecule has 0 fully saturated rings. The maximum absolute atomic E-state index is 12.7. The van der Waals surface area contributed by atoms with Gasteiger partial charge in [-0.25, -0.2) is 13.1 Å². The van der Waals surface area contributed by atoms with Gasteiger partial charge in [0.05, 0.1) is 4.90 Å². The van der Waals surface area contributed by atoms with Crippen molar-refractivity contribution in [2.45, 2.75) is 38.1 Å². The highest BCUT2D eigenvalue weighted by Gasteiger charge is 2.18. The lowest BCUT2D eigenvalue weighted by molar-refractivity contribution is 0.0950.